The van der Waals surface area contributed by atoms with Gasteiger partial charge in [0.2, 0.25) is 0 Å². The smallest absolute Gasteiger partial charge is 0.453 e. The lowest BCUT2D eigenvalue weighted by Gasteiger charge is -2.40. The molecule has 0 atom stereocenters. The van der Waals surface area contributed by atoms with E-state index in [4.69, 9.17) is 0 Å². The molecule has 1 rings (SSSR count). The molecule has 6 nitrogen and oxygen atoms in total. The van der Waals surface area contributed by atoms with Crippen LogP contribution in [0.1, 0.15) is 17.8 Å². The van der Waals surface area contributed by atoms with Gasteiger partial charge in [-0.25, -0.2) is 4.79 Å². The Morgan fingerprint density at radius 1 is 0.684 bits per heavy atom. The molecule has 0 saturated heterocycles. The molecule has 0 heterocycles. The molecule has 1 aromatic rings. The van der Waals surface area contributed by atoms with Crippen molar-refractivity contribution >= 4 is 17.4 Å². The predicted octanol–water partition coefficient (Wildman–Crippen LogP) is 6.33. The number of alkyl halides is 15. The average Bonchev–Trinajstić information content (AvgIpc) is 2.75. The summed E-state index contributed by atoms with van der Waals surface area (Å²) in [6, 6.07) is 2.38. The number of nitro groups is 1. The molecule has 0 aliphatic heterocycles. The highest BCUT2D eigenvalue weighted by atomic mass is 19.4. The summed E-state index contributed by atoms with van der Waals surface area (Å²) < 4.78 is 199. The van der Waals surface area contributed by atoms with Gasteiger partial charge in [-0.2, -0.15) is 65.9 Å². The number of carbonyl (C=O) groups excluding carboxylic acids is 2. The number of rotatable bonds is 10. The van der Waals surface area contributed by atoms with Gasteiger partial charge in [-0.05, 0) is 12.1 Å². The van der Waals surface area contributed by atoms with Crippen LogP contribution in [0.15, 0.2) is 24.3 Å². The van der Waals surface area contributed by atoms with Crippen LogP contribution in [0, 0.1) is 10.1 Å². The summed E-state index contributed by atoms with van der Waals surface area (Å²) in [6.07, 6.45) is -7.77. The van der Waals surface area contributed by atoms with Crippen LogP contribution in [0.4, 0.5) is 71.5 Å². The van der Waals surface area contributed by atoms with Crippen molar-refractivity contribution in [3.8, 4) is 0 Å². The Kier molecular flexibility index (Phi) is 9.24. The SMILES string of the molecule is C.O=C(COC(=O)C(F)(F)C(F)(F)C(F)(F)C(F)(F)C(F)(F)C(F)(F)C(F)(F)F)c1ccc([N+](=O)[O-])cc1. The fraction of sp³-hybridized carbons (Fsp3) is 0.529. The number of nitrogens with zero attached hydrogens (tertiary/aromatic N) is 1. The van der Waals surface area contributed by atoms with Crippen LogP contribution < -0.4 is 0 Å². The van der Waals surface area contributed by atoms with Gasteiger partial charge in [0.05, 0.1) is 4.92 Å². The topological polar surface area (TPSA) is 86.5 Å². The molecular weight excluding hydrogens is 583 g/mol. The fourth-order valence-corrected chi connectivity index (χ4v) is 2.17. The van der Waals surface area contributed by atoms with Crippen molar-refractivity contribution in [2.45, 2.75) is 49.1 Å². The average molecular weight is 593 g/mol. The number of esters is 1. The van der Waals surface area contributed by atoms with Crippen molar-refractivity contribution in [2.24, 2.45) is 0 Å². The predicted molar refractivity (Wildman–Crippen MR) is 90.9 cm³/mol. The number of ether oxygens (including phenoxy) is 1. The molecule has 0 saturated carbocycles. The molecule has 0 unspecified atom stereocenters. The molecule has 38 heavy (non-hydrogen) atoms. The number of halogens is 15. The minimum atomic E-state index is -8.58. The molecular formula is C17H10F15NO5. The highest BCUT2D eigenvalue weighted by Gasteiger charge is 2.94. The largest absolute Gasteiger partial charge is 0.460 e. The molecule has 21 heteroatoms. The number of carbonyl (C=O) groups is 2. The molecule has 0 bridgehead atoms. The third-order valence-corrected chi connectivity index (χ3v) is 4.32. The first-order valence-electron chi connectivity index (χ1n) is 8.50. The Hall–Kier alpha value is -3.29. The van der Waals surface area contributed by atoms with Gasteiger partial charge in [-0.15, -0.1) is 0 Å². The van der Waals surface area contributed by atoms with Crippen LogP contribution in [-0.4, -0.2) is 65.0 Å². The maximum atomic E-state index is 13.7. The molecule has 0 amide bonds. The zero-order valence-corrected chi connectivity index (χ0v) is 16.7. The Morgan fingerprint density at radius 3 is 1.42 bits per heavy atom. The van der Waals surface area contributed by atoms with Crippen molar-refractivity contribution in [1.29, 1.82) is 0 Å². The number of hydrogen-bond donors (Lipinski definition) is 0. The summed E-state index contributed by atoms with van der Waals surface area (Å²) in [4.78, 5) is 32.3. The van der Waals surface area contributed by atoms with Gasteiger partial charge in [0.15, 0.2) is 12.4 Å². The summed E-state index contributed by atoms with van der Waals surface area (Å²) in [7, 11) is 0. The van der Waals surface area contributed by atoms with Crippen LogP contribution in [-0.2, 0) is 9.53 Å². The molecule has 0 aliphatic rings. The van der Waals surface area contributed by atoms with Crippen LogP contribution in [0.3, 0.4) is 0 Å². The first-order chi connectivity index (χ1) is 16.2. The number of nitro benzene ring substituents is 1. The zero-order chi connectivity index (χ0) is 29.6. The van der Waals surface area contributed by atoms with Gasteiger partial charge < -0.3 is 4.74 Å². The van der Waals surface area contributed by atoms with E-state index in [9.17, 15) is 85.6 Å². The summed E-state index contributed by atoms with van der Waals surface area (Å²) >= 11 is 0. The highest BCUT2D eigenvalue weighted by molar-refractivity contribution is 5.98. The van der Waals surface area contributed by atoms with Gasteiger partial charge >= 0.3 is 47.7 Å². The van der Waals surface area contributed by atoms with E-state index >= 15 is 0 Å². The number of non-ortho nitro benzene ring substituents is 1. The van der Waals surface area contributed by atoms with Gasteiger partial charge in [0, 0.05) is 17.7 Å². The van der Waals surface area contributed by atoms with E-state index in [1.807, 2.05) is 0 Å². The lowest BCUT2D eigenvalue weighted by molar-refractivity contribution is -0.450. The molecule has 0 radical (unpaired) electrons. The Morgan fingerprint density at radius 2 is 1.05 bits per heavy atom. The Labute approximate surface area is 199 Å². The van der Waals surface area contributed by atoms with Gasteiger partial charge in [-0.1, -0.05) is 7.43 Å². The molecule has 1 aromatic carbocycles. The monoisotopic (exact) mass is 593 g/mol. The summed E-state index contributed by atoms with van der Waals surface area (Å²) in [6.45, 7) is -2.08. The number of benzene rings is 1. The van der Waals surface area contributed by atoms with Gasteiger partial charge in [-0.3, -0.25) is 14.9 Å². The molecule has 0 aliphatic carbocycles. The van der Waals surface area contributed by atoms with Crippen LogP contribution in [0.2, 0.25) is 0 Å². The molecule has 0 N–H and O–H groups in total. The molecule has 0 spiro atoms. The minimum absolute atomic E-state index is 0. The van der Waals surface area contributed by atoms with E-state index < -0.39 is 76.2 Å². The normalized spacial score (nSPS) is 14.0. The van der Waals surface area contributed by atoms with Crippen LogP contribution in [0.25, 0.3) is 0 Å². The highest BCUT2D eigenvalue weighted by Crippen LogP contribution is 2.62. The second-order valence-corrected chi connectivity index (χ2v) is 6.75. The van der Waals surface area contributed by atoms with Crippen molar-refractivity contribution in [1.82, 2.24) is 0 Å². The summed E-state index contributed by atoms with van der Waals surface area (Å²) in [5, 5.41) is 10.5. The summed E-state index contributed by atoms with van der Waals surface area (Å²) in [5.74, 6) is -54.8. The quantitative estimate of drug-likeness (QED) is 0.104. The Bertz CT molecular complexity index is 1050. The van der Waals surface area contributed by atoms with E-state index in [0.29, 0.717) is 24.3 Å². The summed E-state index contributed by atoms with van der Waals surface area (Å²) in [5.41, 5.74) is -1.38. The van der Waals surface area contributed by atoms with Crippen molar-refractivity contribution in [3.63, 3.8) is 0 Å². The number of ketones is 1. The van der Waals surface area contributed by atoms with E-state index in [1.165, 1.54) is 0 Å². The molecule has 218 valence electrons. The third kappa shape index (κ3) is 5.18. The lowest BCUT2D eigenvalue weighted by atomic mass is 9.91. The number of Topliss-reactive ketones (excluding diaryl/α,β-unsaturated/α-hetero) is 1. The molecule has 0 fully saturated rings. The van der Waals surface area contributed by atoms with Crippen molar-refractivity contribution in [3.05, 3.63) is 39.9 Å². The molecule has 0 aromatic heterocycles. The number of hydrogen-bond acceptors (Lipinski definition) is 5. The van der Waals surface area contributed by atoms with Gasteiger partial charge in [0.1, 0.15) is 0 Å². The maximum Gasteiger partial charge on any atom is 0.460 e. The second kappa shape index (κ2) is 10.1. The first kappa shape index (κ1) is 34.7. The fourth-order valence-electron chi connectivity index (χ4n) is 2.17. The van der Waals surface area contributed by atoms with E-state index in [0.717, 1.165) is 0 Å². The minimum Gasteiger partial charge on any atom is -0.453 e. The standard InChI is InChI=1S/C16H6F15NO5.CH4/c17-10(18,9(34)37-5-8(33)6-1-3-7(4-2-6)32(35)36)11(19,20)12(21,22)13(23,24)14(25,26)15(27,28)16(29,30)31;/h1-4H,5H2;1H4. The Balaban J connectivity index is 0.0000137. The maximum absolute atomic E-state index is 13.7. The second-order valence-electron chi connectivity index (χ2n) is 6.75. The zero-order valence-electron chi connectivity index (χ0n) is 16.7. The third-order valence-electron chi connectivity index (χ3n) is 4.32. The van der Waals surface area contributed by atoms with E-state index in [2.05, 4.69) is 4.74 Å². The van der Waals surface area contributed by atoms with Crippen LogP contribution >= 0.6 is 0 Å². The van der Waals surface area contributed by atoms with Gasteiger partial charge in [0.25, 0.3) is 5.69 Å². The van der Waals surface area contributed by atoms with Crippen LogP contribution in [0.5, 0.6) is 0 Å². The van der Waals surface area contributed by atoms with E-state index in [-0.39, 0.29) is 7.43 Å². The van der Waals surface area contributed by atoms with Crippen molar-refractivity contribution < 1.29 is 85.1 Å². The first-order valence-corrected chi connectivity index (χ1v) is 8.50. The van der Waals surface area contributed by atoms with E-state index in [1.54, 1.807) is 0 Å². The van der Waals surface area contributed by atoms with Crippen molar-refractivity contribution in [2.75, 3.05) is 6.61 Å². The lowest BCUT2D eigenvalue weighted by Crippen LogP contribution is -2.73.